The maximum absolute atomic E-state index is 6.07. The molecule has 1 nitrogen and oxygen atoms in total. The fourth-order valence-electron chi connectivity index (χ4n) is 2.27. The summed E-state index contributed by atoms with van der Waals surface area (Å²) in [6.07, 6.45) is 1.12. The first-order valence-corrected chi connectivity index (χ1v) is 8.60. The Balaban J connectivity index is 1.86. The molecule has 0 fully saturated rings. The van der Waals surface area contributed by atoms with Gasteiger partial charge in [-0.05, 0) is 41.6 Å². The Hall–Kier alpha value is -0.350. The lowest BCUT2D eigenvalue weighted by molar-refractivity contribution is 0.670. The van der Waals surface area contributed by atoms with E-state index in [4.69, 9.17) is 23.2 Å². The fourth-order valence-corrected chi connectivity index (χ4v) is 5.14. The van der Waals surface area contributed by atoms with E-state index in [2.05, 4.69) is 23.7 Å². The van der Waals surface area contributed by atoms with Gasteiger partial charge in [0.1, 0.15) is 0 Å². The van der Waals surface area contributed by atoms with Gasteiger partial charge >= 0.3 is 0 Å². The summed E-state index contributed by atoms with van der Waals surface area (Å²) in [6.45, 7) is 2.27. The van der Waals surface area contributed by atoms with Crippen LogP contribution in [0, 0.1) is 0 Å². The number of thiophene rings is 1. The molecule has 2 aromatic rings. The molecule has 0 aliphatic carbocycles. The molecule has 0 saturated heterocycles. The molecule has 1 N–H and O–H groups in total. The van der Waals surface area contributed by atoms with E-state index in [1.54, 1.807) is 0 Å². The van der Waals surface area contributed by atoms with Gasteiger partial charge in [-0.15, -0.1) is 23.1 Å². The second-order valence-electron chi connectivity index (χ2n) is 4.65. The number of nitrogens with one attached hydrogen (secondary N) is 1. The van der Waals surface area contributed by atoms with Crippen molar-refractivity contribution in [2.75, 3.05) is 5.32 Å². The molecule has 5 heteroatoms. The Kier molecular flexibility index (Phi) is 3.99. The van der Waals surface area contributed by atoms with Crippen LogP contribution in [0.5, 0.6) is 0 Å². The molecule has 2 atom stereocenters. The maximum atomic E-state index is 6.07. The summed E-state index contributed by atoms with van der Waals surface area (Å²) >= 11 is 15.8. The zero-order valence-electron chi connectivity index (χ0n) is 10.3. The molecule has 3 rings (SSSR count). The van der Waals surface area contributed by atoms with Crippen molar-refractivity contribution in [1.82, 2.24) is 0 Å². The van der Waals surface area contributed by atoms with Gasteiger partial charge in [-0.1, -0.05) is 30.1 Å². The van der Waals surface area contributed by atoms with Crippen LogP contribution in [0.4, 0.5) is 5.69 Å². The summed E-state index contributed by atoms with van der Waals surface area (Å²) in [7, 11) is 0. The molecular formula is C14H13Cl2NS2. The Morgan fingerprint density at radius 1 is 1.21 bits per heavy atom. The zero-order chi connectivity index (χ0) is 13.4. The minimum Gasteiger partial charge on any atom is -0.378 e. The molecular weight excluding hydrogens is 317 g/mol. The van der Waals surface area contributed by atoms with Gasteiger partial charge in [0, 0.05) is 10.9 Å². The Bertz CT molecular complexity index is 597. The number of fused-ring (bicyclic) bond motifs is 1. The standard InChI is InChI=1S/C14H13Cl2NS2/c1-8-6-13(10-4-5-18-14(10)19-8)17-9-2-3-11(15)12(16)7-9/h2-5,7-8,13,17H,6H2,1H3/t8-,13?/m0/s1. The van der Waals surface area contributed by atoms with E-state index in [-0.39, 0.29) is 0 Å². The molecule has 19 heavy (non-hydrogen) atoms. The summed E-state index contributed by atoms with van der Waals surface area (Å²) in [5.41, 5.74) is 2.43. The molecule has 1 aliphatic heterocycles. The van der Waals surface area contributed by atoms with Crippen molar-refractivity contribution in [2.24, 2.45) is 0 Å². The van der Waals surface area contributed by atoms with Crippen molar-refractivity contribution in [3.8, 4) is 0 Å². The summed E-state index contributed by atoms with van der Waals surface area (Å²) in [5.74, 6) is 0. The number of hydrogen-bond donors (Lipinski definition) is 1. The quantitative estimate of drug-likeness (QED) is 0.715. The smallest absolute Gasteiger partial charge is 0.0653 e. The highest BCUT2D eigenvalue weighted by Crippen LogP contribution is 2.45. The van der Waals surface area contributed by atoms with Crippen molar-refractivity contribution in [1.29, 1.82) is 0 Å². The van der Waals surface area contributed by atoms with Gasteiger partial charge in [0.2, 0.25) is 0 Å². The lowest BCUT2D eigenvalue weighted by atomic mass is 10.0. The topological polar surface area (TPSA) is 12.0 Å². The van der Waals surface area contributed by atoms with Gasteiger partial charge < -0.3 is 5.32 Å². The van der Waals surface area contributed by atoms with Crippen LogP contribution in [0.25, 0.3) is 0 Å². The van der Waals surface area contributed by atoms with Gasteiger partial charge in [-0.2, -0.15) is 0 Å². The molecule has 1 aromatic heterocycles. The number of halogens is 2. The third-order valence-electron chi connectivity index (χ3n) is 3.17. The van der Waals surface area contributed by atoms with Gasteiger partial charge in [0.25, 0.3) is 0 Å². The largest absolute Gasteiger partial charge is 0.378 e. The molecule has 0 saturated carbocycles. The van der Waals surface area contributed by atoms with Crippen LogP contribution >= 0.6 is 46.3 Å². The third-order valence-corrected chi connectivity index (χ3v) is 6.25. The van der Waals surface area contributed by atoms with Gasteiger partial charge in [-0.3, -0.25) is 0 Å². The normalized spacial score (nSPS) is 22.1. The molecule has 0 bridgehead atoms. The lowest BCUT2D eigenvalue weighted by Gasteiger charge is -2.28. The van der Waals surface area contributed by atoms with Crippen molar-refractivity contribution >= 4 is 52.0 Å². The number of hydrogen-bond acceptors (Lipinski definition) is 3. The molecule has 1 unspecified atom stereocenters. The molecule has 100 valence electrons. The third kappa shape index (κ3) is 2.89. The van der Waals surface area contributed by atoms with Gasteiger partial charge in [-0.25, -0.2) is 0 Å². The first-order valence-electron chi connectivity index (χ1n) is 6.09. The number of benzene rings is 1. The summed E-state index contributed by atoms with van der Waals surface area (Å²) in [6, 6.07) is 8.28. The average Bonchev–Trinajstić information content (AvgIpc) is 2.82. The average molecular weight is 330 g/mol. The highest BCUT2D eigenvalue weighted by Gasteiger charge is 2.26. The van der Waals surface area contributed by atoms with Crippen LogP contribution in [0.3, 0.4) is 0 Å². The molecule has 1 aromatic carbocycles. The highest BCUT2D eigenvalue weighted by molar-refractivity contribution is 8.01. The van der Waals surface area contributed by atoms with Crippen LogP contribution in [0.15, 0.2) is 33.9 Å². The van der Waals surface area contributed by atoms with E-state index in [1.165, 1.54) is 9.77 Å². The minimum absolute atomic E-state index is 0.356. The Morgan fingerprint density at radius 2 is 2.05 bits per heavy atom. The van der Waals surface area contributed by atoms with Crippen molar-refractivity contribution in [3.63, 3.8) is 0 Å². The molecule has 0 spiro atoms. The Labute approximate surface area is 131 Å². The van der Waals surface area contributed by atoms with Crippen LogP contribution in [-0.2, 0) is 0 Å². The van der Waals surface area contributed by atoms with Gasteiger partial charge in [0.05, 0.1) is 20.3 Å². The first kappa shape index (κ1) is 13.6. The number of thioether (sulfide) groups is 1. The molecule has 2 heterocycles. The lowest BCUT2D eigenvalue weighted by Crippen LogP contribution is -2.18. The minimum atomic E-state index is 0.356. The van der Waals surface area contributed by atoms with E-state index < -0.39 is 0 Å². The summed E-state index contributed by atoms with van der Waals surface area (Å²) in [5, 5.41) is 7.56. The van der Waals surface area contributed by atoms with Crippen molar-refractivity contribution < 1.29 is 0 Å². The van der Waals surface area contributed by atoms with E-state index in [1.807, 2.05) is 41.3 Å². The van der Waals surface area contributed by atoms with E-state index in [0.29, 0.717) is 21.3 Å². The predicted molar refractivity (Wildman–Crippen MR) is 87.1 cm³/mol. The second kappa shape index (κ2) is 5.57. The predicted octanol–water partition coefficient (Wildman–Crippen LogP) is 6.09. The molecule has 0 radical (unpaired) electrons. The number of rotatable bonds is 2. The van der Waals surface area contributed by atoms with E-state index in [9.17, 15) is 0 Å². The first-order chi connectivity index (χ1) is 9.13. The maximum Gasteiger partial charge on any atom is 0.0653 e. The van der Waals surface area contributed by atoms with E-state index in [0.717, 1.165) is 12.1 Å². The number of anilines is 1. The van der Waals surface area contributed by atoms with Crippen molar-refractivity contribution in [2.45, 2.75) is 28.8 Å². The second-order valence-corrected chi connectivity index (χ2v) is 8.09. The van der Waals surface area contributed by atoms with Gasteiger partial charge in [0.15, 0.2) is 0 Å². The zero-order valence-corrected chi connectivity index (χ0v) is 13.5. The van der Waals surface area contributed by atoms with Crippen LogP contribution < -0.4 is 5.32 Å². The van der Waals surface area contributed by atoms with E-state index >= 15 is 0 Å². The fraction of sp³-hybridized carbons (Fsp3) is 0.286. The monoisotopic (exact) mass is 329 g/mol. The molecule has 1 aliphatic rings. The Morgan fingerprint density at radius 3 is 2.84 bits per heavy atom. The van der Waals surface area contributed by atoms with Crippen LogP contribution in [0.1, 0.15) is 24.9 Å². The van der Waals surface area contributed by atoms with Crippen LogP contribution in [-0.4, -0.2) is 5.25 Å². The summed E-state index contributed by atoms with van der Waals surface area (Å²) < 4.78 is 1.43. The van der Waals surface area contributed by atoms with Crippen molar-refractivity contribution in [3.05, 3.63) is 45.3 Å². The highest BCUT2D eigenvalue weighted by atomic mass is 35.5. The molecule has 0 amide bonds. The SMILES string of the molecule is C[C@H]1CC(Nc2ccc(Cl)c(Cl)c2)c2ccsc2S1. The van der Waals surface area contributed by atoms with Crippen LogP contribution in [0.2, 0.25) is 10.0 Å². The summed E-state index contributed by atoms with van der Waals surface area (Å²) in [4.78, 5) is 0.